The maximum absolute atomic E-state index is 13.4. The summed E-state index contributed by atoms with van der Waals surface area (Å²) < 4.78 is 15.7. The number of thiazole rings is 1. The van der Waals surface area contributed by atoms with Crippen molar-refractivity contribution in [3.8, 4) is 0 Å². The van der Waals surface area contributed by atoms with Gasteiger partial charge in [-0.2, -0.15) is 0 Å². The molecule has 0 aromatic carbocycles. The summed E-state index contributed by atoms with van der Waals surface area (Å²) in [5.74, 6) is -2.86. The van der Waals surface area contributed by atoms with Gasteiger partial charge in [-0.3, -0.25) is 14.9 Å². The number of oxime groups is 1. The minimum atomic E-state index is -1.83. The van der Waals surface area contributed by atoms with Crippen LogP contribution in [0, 0.1) is 0 Å². The van der Waals surface area contributed by atoms with E-state index in [2.05, 4.69) is 31.4 Å². The van der Waals surface area contributed by atoms with E-state index in [9.17, 15) is 33.9 Å². The van der Waals surface area contributed by atoms with Crippen LogP contribution in [0.25, 0.3) is 0 Å². The van der Waals surface area contributed by atoms with Gasteiger partial charge < -0.3 is 45.0 Å². The van der Waals surface area contributed by atoms with Gasteiger partial charge >= 0.3 is 24.2 Å². The molecule has 1 aromatic rings. The number of aromatic nitrogens is 1. The van der Waals surface area contributed by atoms with Gasteiger partial charge in [0.05, 0.1) is 19.1 Å². The largest absolute Gasteiger partial charge is 0.478 e. The Morgan fingerprint density at radius 1 is 1.09 bits per heavy atom. The van der Waals surface area contributed by atoms with E-state index >= 15 is 0 Å². The molecule has 0 aliphatic carbocycles. The van der Waals surface area contributed by atoms with Gasteiger partial charge in [0.15, 0.2) is 10.8 Å². The molecular formula is C27H39N7O11S. The molecule has 0 bridgehead atoms. The molecule has 2 saturated heterocycles. The van der Waals surface area contributed by atoms with E-state index in [4.69, 9.17) is 19.0 Å². The molecule has 0 saturated carbocycles. The molecule has 5 N–H and O–H groups in total. The molecular weight excluding hydrogens is 630 g/mol. The Morgan fingerprint density at radius 2 is 1.72 bits per heavy atom. The molecule has 0 spiro atoms. The van der Waals surface area contributed by atoms with Crippen LogP contribution in [0.1, 0.15) is 61.1 Å². The van der Waals surface area contributed by atoms with Gasteiger partial charge in [0.25, 0.3) is 5.91 Å². The van der Waals surface area contributed by atoms with Crippen LogP contribution in [0.2, 0.25) is 0 Å². The van der Waals surface area contributed by atoms with E-state index in [-0.39, 0.29) is 30.5 Å². The second-order valence-corrected chi connectivity index (χ2v) is 13.7. The first-order valence-corrected chi connectivity index (χ1v) is 15.0. The standard InChI is InChI=1S/C27H39N7O11S/c1-25(2,3)43-22(39)28-9-13-10-34(24(41)42-13)11-14-16(18(35)29-14)31-19(36)17(33-45-27(7,8)20(37)38)15-12-46-21(30-15)32-23(40)44-26(4,5)6/h12-14,16H,9-11H2,1-8H3,(H,28,39)(H,29,35)(H,31,36)(H,37,38)(H,30,32,40)/t13-,14+,16+/m1/s1. The minimum absolute atomic E-state index is 0.000721. The number of alkyl carbamates (subject to hydrolysis) is 1. The molecule has 46 heavy (non-hydrogen) atoms. The number of carboxylic acids is 1. The lowest BCUT2D eigenvalue weighted by atomic mass is 9.98. The number of anilines is 1. The number of β-lactam (4-membered cyclic amide) rings is 1. The highest BCUT2D eigenvalue weighted by molar-refractivity contribution is 7.14. The number of hydrogen-bond donors (Lipinski definition) is 5. The van der Waals surface area contributed by atoms with Crippen LogP contribution in [0.5, 0.6) is 0 Å². The van der Waals surface area contributed by atoms with Gasteiger partial charge in [-0.15, -0.1) is 11.3 Å². The molecule has 0 radical (unpaired) electrons. The number of aliphatic carboxylic acids is 1. The molecule has 254 valence electrons. The average Bonchev–Trinajstić information content (AvgIpc) is 3.49. The smallest absolute Gasteiger partial charge is 0.413 e. The number of ether oxygens (including phenoxy) is 3. The van der Waals surface area contributed by atoms with E-state index in [1.165, 1.54) is 24.1 Å². The predicted molar refractivity (Wildman–Crippen MR) is 161 cm³/mol. The van der Waals surface area contributed by atoms with E-state index in [0.717, 1.165) is 11.3 Å². The van der Waals surface area contributed by atoms with Crippen LogP contribution in [-0.4, -0.2) is 111 Å². The topological polar surface area (TPSA) is 236 Å². The quantitative estimate of drug-likeness (QED) is 0.0973. The van der Waals surface area contributed by atoms with Crippen molar-refractivity contribution in [2.45, 2.75) is 90.4 Å². The highest BCUT2D eigenvalue weighted by atomic mass is 32.1. The van der Waals surface area contributed by atoms with Gasteiger partial charge in [0.2, 0.25) is 11.5 Å². The number of amides is 5. The van der Waals surface area contributed by atoms with Crippen LogP contribution in [0.3, 0.4) is 0 Å². The monoisotopic (exact) mass is 669 g/mol. The van der Waals surface area contributed by atoms with E-state index in [1.54, 1.807) is 41.5 Å². The molecule has 18 nitrogen and oxygen atoms in total. The van der Waals surface area contributed by atoms with E-state index in [1.807, 2.05) is 0 Å². The number of hydrogen-bond acceptors (Lipinski definition) is 13. The molecule has 19 heteroatoms. The van der Waals surface area contributed by atoms with Gasteiger partial charge in [-0.1, -0.05) is 5.16 Å². The second kappa shape index (κ2) is 13.8. The number of nitrogens with zero attached hydrogens (tertiary/aromatic N) is 3. The van der Waals surface area contributed by atoms with Crippen molar-refractivity contribution in [2.75, 3.05) is 25.0 Å². The van der Waals surface area contributed by atoms with Gasteiger partial charge in [-0.25, -0.2) is 24.2 Å². The first-order chi connectivity index (χ1) is 21.1. The lowest BCUT2D eigenvalue weighted by Gasteiger charge is -2.38. The second-order valence-electron chi connectivity index (χ2n) is 12.9. The van der Waals surface area contributed by atoms with Gasteiger partial charge in [0, 0.05) is 11.9 Å². The van der Waals surface area contributed by atoms with Crippen molar-refractivity contribution >= 4 is 58.2 Å². The Labute approximate surface area is 268 Å². The summed E-state index contributed by atoms with van der Waals surface area (Å²) in [5, 5.41) is 24.7. The molecule has 3 rings (SSSR count). The Balaban J connectivity index is 1.68. The molecule has 2 aliphatic heterocycles. The zero-order valence-corrected chi connectivity index (χ0v) is 27.5. The van der Waals surface area contributed by atoms with E-state index < -0.39 is 76.8 Å². The number of carbonyl (C=O) groups excluding carboxylic acids is 5. The van der Waals surface area contributed by atoms with Crippen LogP contribution in [0.15, 0.2) is 10.5 Å². The normalized spacial score (nSPS) is 20.1. The van der Waals surface area contributed by atoms with Gasteiger partial charge in [-0.05, 0) is 55.4 Å². The zero-order chi connectivity index (χ0) is 34.6. The summed E-state index contributed by atoms with van der Waals surface area (Å²) in [6.07, 6.45) is -2.82. The summed E-state index contributed by atoms with van der Waals surface area (Å²) in [6, 6.07) is -1.84. The van der Waals surface area contributed by atoms with Crippen molar-refractivity contribution in [2.24, 2.45) is 5.16 Å². The fourth-order valence-corrected chi connectivity index (χ4v) is 4.46. The van der Waals surface area contributed by atoms with Crippen molar-refractivity contribution in [1.29, 1.82) is 0 Å². The predicted octanol–water partition coefficient (Wildman–Crippen LogP) is 1.40. The molecule has 3 atom stereocenters. The Morgan fingerprint density at radius 3 is 2.30 bits per heavy atom. The zero-order valence-electron chi connectivity index (χ0n) is 26.7. The SMILES string of the molecule is CC(C)(C)OC(=O)NC[C@@H]1CN(C[C@@H]2NC(=O)[C@H]2NC(=O)C(=NOC(C)(C)C(=O)O)c2csc(NC(=O)OC(C)(C)C)n2)C(=O)O1. The number of nitrogens with one attached hydrogen (secondary N) is 4. The van der Waals surface area contributed by atoms with Crippen LogP contribution in [0.4, 0.5) is 19.5 Å². The number of carboxylic acid groups (broad SMARTS) is 1. The molecule has 3 heterocycles. The number of carbonyl (C=O) groups is 6. The lowest BCUT2D eigenvalue weighted by molar-refractivity contribution is -0.161. The third-order valence-corrected chi connectivity index (χ3v) is 6.75. The van der Waals surface area contributed by atoms with Crippen molar-refractivity contribution < 1.29 is 52.9 Å². The highest BCUT2D eigenvalue weighted by Crippen LogP contribution is 2.21. The Hall–Kier alpha value is -4.68. The highest BCUT2D eigenvalue weighted by Gasteiger charge is 2.45. The maximum Gasteiger partial charge on any atom is 0.413 e. The van der Waals surface area contributed by atoms with Crippen LogP contribution < -0.4 is 21.3 Å². The van der Waals surface area contributed by atoms with Gasteiger partial charge in [0.1, 0.15) is 29.0 Å². The lowest BCUT2D eigenvalue weighted by Crippen LogP contribution is -2.72. The summed E-state index contributed by atoms with van der Waals surface area (Å²) in [6.45, 7) is 12.7. The Bertz CT molecular complexity index is 1400. The summed E-state index contributed by atoms with van der Waals surface area (Å²) in [4.78, 5) is 84.6. The third kappa shape index (κ3) is 10.2. The summed E-state index contributed by atoms with van der Waals surface area (Å²) in [7, 11) is 0. The minimum Gasteiger partial charge on any atom is -0.478 e. The molecule has 2 aliphatic rings. The molecule has 1 aromatic heterocycles. The third-order valence-electron chi connectivity index (χ3n) is 5.99. The first kappa shape index (κ1) is 35.8. The molecule has 2 fully saturated rings. The molecule has 5 amide bonds. The van der Waals surface area contributed by atoms with Crippen molar-refractivity contribution in [3.05, 3.63) is 11.1 Å². The molecule has 0 unspecified atom stereocenters. The average molecular weight is 670 g/mol. The first-order valence-electron chi connectivity index (χ1n) is 14.1. The number of rotatable bonds is 11. The summed E-state index contributed by atoms with van der Waals surface area (Å²) >= 11 is 0.932. The van der Waals surface area contributed by atoms with Crippen LogP contribution in [-0.2, 0) is 33.4 Å². The van der Waals surface area contributed by atoms with Crippen molar-refractivity contribution in [1.82, 2.24) is 25.8 Å². The maximum atomic E-state index is 13.4. The van der Waals surface area contributed by atoms with Crippen LogP contribution >= 0.6 is 11.3 Å². The Kier molecular flexibility index (Phi) is 10.7. The van der Waals surface area contributed by atoms with Crippen molar-refractivity contribution in [3.63, 3.8) is 0 Å². The van der Waals surface area contributed by atoms with E-state index in [0.29, 0.717) is 0 Å². The number of cyclic esters (lactones) is 1. The fraction of sp³-hybridized carbons (Fsp3) is 0.630. The fourth-order valence-electron chi connectivity index (χ4n) is 3.78. The summed E-state index contributed by atoms with van der Waals surface area (Å²) in [5.41, 5.74) is -3.88.